The molecule has 0 atom stereocenters. The fourth-order valence-electron chi connectivity index (χ4n) is 4.00. The van der Waals surface area contributed by atoms with E-state index >= 15 is 0 Å². The van der Waals surface area contributed by atoms with Gasteiger partial charge in [-0.1, -0.05) is 12.1 Å². The Morgan fingerprint density at radius 1 is 1.23 bits per heavy atom. The van der Waals surface area contributed by atoms with Crippen LogP contribution in [0, 0.1) is 6.92 Å². The maximum atomic E-state index is 13.6. The zero-order chi connectivity index (χ0) is 21.9. The Bertz CT molecular complexity index is 1280. The van der Waals surface area contributed by atoms with Crippen LogP contribution >= 0.6 is 11.3 Å². The normalized spacial score (nSPS) is 14.5. The Morgan fingerprint density at radius 3 is 2.65 bits per heavy atom. The topological polar surface area (TPSA) is 63.9 Å². The van der Waals surface area contributed by atoms with E-state index in [2.05, 4.69) is 26.8 Å². The summed E-state index contributed by atoms with van der Waals surface area (Å²) in [7, 11) is 1.85. The molecule has 6 nitrogen and oxygen atoms in total. The minimum absolute atomic E-state index is 0.00915. The van der Waals surface area contributed by atoms with E-state index in [1.165, 1.54) is 0 Å². The average Bonchev–Trinajstić information content (AvgIpc) is 3.40. The number of hydrogen-bond donors (Lipinski definition) is 0. The molecule has 5 rings (SSSR count). The molecule has 0 aliphatic heterocycles. The Morgan fingerprint density at radius 2 is 1.97 bits per heavy atom. The lowest BCUT2D eigenvalue weighted by molar-refractivity contribution is 0.0786. The third-order valence-corrected chi connectivity index (χ3v) is 6.77. The highest BCUT2D eigenvalue weighted by Crippen LogP contribution is 2.41. The van der Waals surface area contributed by atoms with Gasteiger partial charge in [0.05, 0.1) is 38.9 Å². The van der Waals surface area contributed by atoms with Crippen LogP contribution in [-0.4, -0.2) is 37.6 Å². The van der Waals surface area contributed by atoms with Gasteiger partial charge in [0.25, 0.3) is 5.91 Å². The Balaban J connectivity index is 1.56. The molecule has 7 heteroatoms. The number of amides is 1. The molecule has 0 bridgehead atoms. The molecule has 0 spiro atoms. The van der Waals surface area contributed by atoms with E-state index in [0.29, 0.717) is 18.0 Å². The molecule has 3 heterocycles. The molecule has 1 aromatic carbocycles. The Hall–Kier alpha value is -2.80. The number of carbonyl (C=O) groups excluding carboxylic acids is 1. The number of fused-ring (bicyclic) bond motifs is 2. The molecule has 1 amide bonds. The second kappa shape index (κ2) is 7.12. The maximum Gasteiger partial charge on any atom is 0.254 e. The number of carbonyl (C=O) groups is 1. The number of aromatic nitrogens is 4. The first-order valence-electron chi connectivity index (χ1n) is 10.7. The summed E-state index contributed by atoms with van der Waals surface area (Å²) >= 11 is 1.64. The van der Waals surface area contributed by atoms with Crippen molar-refractivity contribution in [2.24, 2.45) is 0 Å². The molecule has 1 aliphatic carbocycles. The number of para-hydroxylation sites is 1. The van der Waals surface area contributed by atoms with Crippen molar-refractivity contribution in [1.29, 1.82) is 0 Å². The van der Waals surface area contributed by atoms with Crippen LogP contribution in [0.15, 0.2) is 30.3 Å². The summed E-state index contributed by atoms with van der Waals surface area (Å²) in [5.74, 6) is 0.444. The van der Waals surface area contributed by atoms with Gasteiger partial charge in [0, 0.05) is 18.7 Å². The number of nitrogens with zero attached hydrogens (tertiary/aromatic N) is 5. The largest absolute Gasteiger partial charge is 0.335 e. The van der Waals surface area contributed by atoms with Crippen LogP contribution in [0.1, 0.15) is 66.3 Å². The summed E-state index contributed by atoms with van der Waals surface area (Å²) in [4.78, 5) is 25.0. The molecule has 4 aromatic rings. The zero-order valence-electron chi connectivity index (χ0n) is 18.6. The molecule has 1 aliphatic rings. The van der Waals surface area contributed by atoms with Crippen molar-refractivity contribution >= 4 is 38.5 Å². The van der Waals surface area contributed by atoms with E-state index in [4.69, 9.17) is 15.1 Å². The standard InChI is InChI=1S/C24H27N5OS/c1-14-21-16(12-18(15-10-11-15)26-22(21)29(27-14)24(2,3)4)23(30)28(5)13-20-25-17-8-6-7-9-19(17)31-20/h6-9,12,15H,10-11,13H2,1-5H3. The van der Waals surface area contributed by atoms with Crippen LogP contribution in [-0.2, 0) is 12.1 Å². The molecule has 1 fully saturated rings. The maximum absolute atomic E-state index is 13.6. The molecular formula is C24H27N5OS. The van der Waals surface area contributed by atoms with Crippen LogP contribution in [0.25, 0.3) is 21.3 Å². The fraction of sp³-hybridized carbons (Fsp3) is 0.417. The summed E-state index contributed by atoms with van der Waals surface area (Å²) < 4.78 is 3.11. The second-order valence-electron chi connectivity index (χ2n) is 9.47. The van der Waals surface area contributed by atoms with Crippen molar-refractivity contribution in [2.45, 2.75) is 58.5 Å². The third-order valence-electron chi connectivity index (χ3n) is 5.75. The summed E-state index contributed by atoms with van der Waals surface area (Å²) in [6.07, 6.45) is 2.27. The van der Waals surface area contributed by atoms with Crippen molar-refractivity contribution in [3.63, 3.8) is 0 Å². The lowest BCUT2D eigenvalue weighted by Gasteiger charge is -2.21. The Labute approximate surface area is 185 Å². The lowest BCUT2D eigenvalue weighted by Crippen LogP contribution is -2.27. The van der Waals surface area contributed by atoms with Crippen LogP contribution in [0.2, 0.25) is 0 Å². The van der Waals surface area contributed by atoms with Crippen molar-refractivity contribution in [1.82, 2.24) is 24.6 Å². The number of hydrogen-bond acceptors (Lipinski definition) is 5. The Kier molecular flexibility index (Phi) is 4.62. The van der Waals surface area contributed by atoms with E-state index in [-0.39, 0.29) is 11.4 Å². The van der Waals surface area contributed by atoms with Gasteiger partial charge in [0.2, 0.25) is 0 Å². The van der Waals surface area contributed by atoms with Crippen LogP contribution in [0.3, 0.4) is 0 Å². The molecule has 160 valence electrons. The highest BCUT2D eigenvalue weighted by Gasteiger charge is 2.31. The summed E-state index contributed by atoms with van der Waals surface area (Å²) in [6.45, 7) is 8.79. The van der Waals surface area contributed by atoms with Gasteiger partial charge in [-0.25, -0.2) is 14.6 Å². The van der Waals surface area contributed by atoms with Crippen LogP contribution in [0.4, 0.5) is 0 Å². The average molecular weight is 434 g/mol. The van der Waals surface area contributed by atoms with Gasteiger partial charge in [-0.3, -0.25) is 4.79 Å². The second-order valence-corrected chi connectivity index (χ2v) is 10.6. The highest BCUT2D eigenvalue weighted by molar-refractivity contribution is 7.18. The molecular weight excluding hydrogens is 406 g/mol. The summed E-state index contributed by atoms with van der Waals surface area (Å²) in [5, 5.41) is 6.57. The number of aryl methyl sites for hydroxylation is 1. The number of benzene rings is 1. The fourth-order valence-corrected chi connectivity index (χ4v) is 5.02. The lowest BCUT2D eigenvalue weighted by atomic mass is 10.1. The molecule has 31 heavy (non-hydrogen) atoms. The summed E-state index contributed by atoms with van der Waals surface area (Å²) in [5.41, 5.74) is 4.13. The van der Waals surface area contributed by atoms with Crippen LogP contribution in [0.5, 0.6) is 0 Å². The number of pyridine rings is 1. The monoisotopic (exact) mass is 433 g/mol. The van der Waals surface area contributed by atoms with Crippen molar-refractivity contribution < 1.29 is 4.79 Å². The SMILES string of the molecule is Cc1nn(C(C)(C)C)c2nc(C3CC3)cc(C(=O)N(C)Cc3nc4ccccc4s3)c12. The van der Waals surface area contributed by atoms with Crippen molar-refractivity contribution in [3.8, 4) is 0 Å². The molecule has 0 saturated heterocycles. The first kappa shape index (κ1) is 20.1. The minimum atomic E-state index is -0.213. The van der Waals surface area contributed by atoms with E-state index < -0.39 is 0 Å². The molecule has 0 radical (unpaired) electrons. The van der Waals surface area contributed by atoms with E-state index in [9.17, 15) is 4.79 Å². The molecule has 0 unspecified atom stereocenters. The van der Waals surface area contributed by atoms with E-state index in [1.54, 1.807) is 16.2 Å². The quantitative estimate of drug-likeness (QED) is 0.441. The number of rotatable bonds is 4. The van der Waals surface area contributed by atoms with Gasteiger partial charge in [0.1, 0.15) is 5.01 Å². The first-order valence-corrected chi connectivity index (χ1v) is 11.5. The summed E-state index contributed by atoms with van der Waals surface area (Å²) in [6, 6.07) is 10.1. The molecule has 1 saturated carbocycles. The van der Waals surface area contributed by atoms with E-state index in [0.717, 1.165) is 50.5 Å². The van der Waals surface area contributed by atoms with Crippen molar-refractivity contribution in [3.05, 3.63) is 52.3 Å². The van der Waals surface area contributed by atoms with Crippen molar-refractivity contribution in [2.75, 3.05) is 7.05 Å². The van der Waals surface area contributed by atoms with Gasteiger partial charge in [0.15, 0.2) is 5.65 Å². The molecule has 0 N–H and O–H groups in total. The van der Waals surface area contributed by atoms with Gasteiger partial charge in [-0.05, 0) is 58.7 Å². The third kappa shape index (κ3) is 3.61. The minimum Gasteiger partial charge on any atom is -0.335 e. The smallest absolute Gasteiger partial charge is 0.254 e. The van der Waals surface area contributed by atoms with E-state index in [1.807, 2.05) is 42.9 Å². The van der Waals surface area contributed by atoms with Gasteiger partial charge < -0.3 is 4.90 Å². The van der Waals surface area contributed by atoms with Gasteiger partial charge in [-0.2, -0.15) is 5.10 Å². The van der Waals surface area contributed by atoms with Gasteiger partial charge in [-0.15, -0.1) is 11.3 Å². The first-order chi connectivity index (χ1) is 14.7. The zero-order valence-corrected chi connectivity index (χ0v) is 19.5. The predicted molar refractivity (Wildman–Crippen MR) is 125 cm³/mol. The highest BCUT2D eigenvalue weighted by atomic mass is 32.1. The predicted octanol–water partition coefficient (Wildman–Crippen LogP) is 5.25. The van der Waals surface area contributed by atoms with Crippen LogP contribution < -0.4 is 0 Å². The number of thiazole rings is 1. The molecule has 3 aromatic heterocycles. The van der Waals surface area contributed by atoms with Gasteiger partial charge >= 0.3 is 0 Å².